The highest BCUT2D eigenvalue weighted by atomic mass is 32.1. The first kappa shape index (κ1) is 15.5. The molecule has 0 amide bonds. The van der Waals surface area contributed by atoms with E-state index < -0.39 is 0 Å². The normalized spacial score (nSPS) is 17.1. The van der Waals surface area contributed by atoms with E-state index in [0.29, 0.717) is 6.04 Å². The van der Waals surface area contributed by atoms with Crippen molar-refractivity contribution in [2.75, 3.05) is 11.4 Å². The maximum atomic E-state index is 4.99. The van der Waals surface area contributed by atoms with Crippen molar-refractivity contribution in [1.82, 2.24) is 15.0 Å². The van der Waals surface area contributed by atoms with Crippen molar-refractivity contribution in [1.29, 1.82) is 0 Å². The highest BCUT2D eigenvalue weighted by Gasteiger charge is 2.29. The van der Waals surface area contributed by atoms with Crippen LogP contribution in [-0.4, -0.2) is 21.5 Å². The number of hydrogen-bond donors (Lipinski definition) is 0. The second-order valence-corrected chi connectivity index (χ2v) is 7.48. The molecule has 1 atom stereocenters. The molecule has 1 fully saturated rings. The Labute approximate surface area is 156 Å². The minimum atomic E-state index is 0.398. The molecule has 4 aromatic rings. The van der Waals surface area contributed by atoms with Gasteiger partial charge in [-0.1, -0.05) is 18.2 Å². The Morgan fingerprint density at radius 1 is 1.00 bits per heavy atom. The average Bonchev–Trinajstić information content (AvgIpc) is 3.39. The lowest BCUT2D eigenvalue weighted by Crippen LogP contribution is -2.23. The third kappa shape index (κ3) is 2.65. The molecule has 128 valence electrons. The van der Waals surface area contributed by atoms with Crippen molar-refractivity contribution in [2.45, 2.75) is 18.9 Å². The van der Waals surface area contributed by atoms with Crippen molar-refractivity contribution < 1.29 is 0 Å². The summed E-state index contributed by atoms with van der Waals surface area (Å²) < 4.78 is 0. The van der Waals surface area contributed by atoms with Crippen molar-refractivity contribution in [3.8, 4) is 11.4 Å². The van der Waals surface area contributed by atoms with Crippen molar-refractivity contribution in [2.24, 2.45) is 0 Å². The number of benzene rings is 1. The molecule has 1 aliphatic heterocycles. The van der Waals surface area contributed by atoms with Crippen LogP contribution in [-0.2, 0) is 0 Å². The van der Waals surface area contributed by atoms with Crippen LogP contribution in [0.5, 0.6) is 0 Å². The molecular weight excluding hydrogens is 340 g/mol. The zero-order chi connectivity index (χ0) is 17.3. The predicted molar refractivity (Wildman–Crippen MR) is 106 cm³/mol. The lowest BCUT2D eigenvalue weighted by atomic mass is 10.1. The van der Waals surface area contributed by atoms with Crippen LogP contribution >= 0.6 is 11.3 Å². The highest BCUT2D eigenvalue weighted by Crippen LogP contribution is 2.40. The molecule has 0 N–H and O–H groups in total. The van der Waals surface area contributed by atoms with E-state index in [-0.39, 0.29) is 0 Å². The number of fused-ring (bicyclic) bond motifs is 1. The molecule has 0 saturated carbocycles. The lowest BCUT2D eigenvalue weighted by Gasteiger charge is -2.26. The summed E-state index contributed by atoms with van der Waals surface area (Å²) in [7, 11) is 0. The number of anilines is 1. The van der Waals surface area contributed by atoms with Crippen LogP contribution in [0.15, 0.2) is 66.3 Å². The predicted octanol–water partition coefficient (Wildman–Crippen LogP) is 5.09. The number of para-hydroxylation sites is 1. The topological polar surface area (TPSA) is 41.9 Å². The largest absolute Gasteiger partial charge is 0.348 e. The van der Waals surface area contributed by atoms with Crippen LogP contribution in [0.2, 0.25) is 0 Å². The number of pyridine rings is 1. The van der Waals surface area contributed by atoms with Crippen LogP contribution in [0.1, 0.15) is 23.8 Å². The van der Waals surface area contributed by atoms with Gasteiger partial charge in [-0.15, -0.1) is 11.3 Å². The molecule has 5 heteroatoms. The van der Waals surface area contributed by atoms with Crippen LogP contribution in [0, 0.1) is 0 Å². The first-order valence-electron chi connectivity index (χ1n) is 8.87. The minimum Gasteiger partial charge on any atom is -0.348 e. The van der Waals surface area contributed by atoms with Gasteiger partial charge in [-0.25, -0.2) is 9.97 Å². The van der Waals surface area contributed by atoms with E-state index in [1.165, 1.54) is 17.7 Å². The molecule has 4 heterocycles. The van der Waals surface area contributed by atoms with Crippen molar-refractivity contribution in [3.63, 3.8) is 0 Å². The fourth-order valence-electron chi connectivity index (χ4n) is 3.70. The molecule has 1 unspecified atom stereocenters. The van der Waals surface area contributed by atoms with Gasteiger partial charge in [-0.3, -0.25) is 4.98 Å². The van der Waals surface area contributed by atoms with Crippen LogP contribution in [0.25, 0.3) is 22.3 Å². The number of thiophene rings is 1. The van der Waals surface area contributed by atoms with Gasteiger partial charge in [0.1, 0.15) is 5.82 Å². The third-order valence-electron chi connectivity index (χ3n) is 4.90. The Balaban J connectivity index is 1.69. The van der Waals surface area contributed by atoms with E-state index in [2.05, 4.69) is 45.6 Å². The quantitative estimate of drug-likeness (QED) is 0.511. The minimum absolute atomic E-state index is 0.398. The second-order valence-electron chi connectivity index (χ2n) is 6.50. The Morgan fingerprint density at radius 3 is 2.81 bits per heavy atom. The first-order chi connectivity index (χ1) is 12.9. The van der Waals surface area contributed by atoms with Gasteiger partial charge in [0.25, 0.3) is 0 Å². The summed E-state index contributed by atoms with van der Waals surface area (Å²) in [6.07, 6.45) is 5.96. The summed E-state index contributed by atoms with van der Waals surface area (Å²) in [5.41, 5.74) is 1.93. The van der Waals surface area contributed by atoms with Gasteiger partial charge in [0.2, 0.25) is 0 Å². The average molecular weight is 358 g/mol. The summed E-state index contributed by atoms with van der Waals surface area (Å²) in [5, 5.41) is 3.27. The van der Waals surface area contributed by atoms with Gasteiger partial charge in [-0.2, -0.15) is 0 Å². The van der Waals surface area contributed by atoms with E-state index >= 15 is 0 Å². The number of rotatable bonds is 3. The van der Waals surface area contributed by atoms with Crippen LogP contribution in [0.4, 0.5) is 5.82 Å². The molecule has 1 aliphatic rings. The highest BCUT2D eigenvalue weighted by molar-refractivity contribution is 7.10. The SMILES string of the molecule is c1cncc(-c2nc(N3CCCC3c3cccs3)c3ccccc3n2)c1. The summed E-state index contributed by atoms with van der Waals surface area (Å²) >= 11 is 1.83. The fourth-order valence-corrected chi connectivity index (χ4v) is 4.57. The summed E-state index contributed by atoms with van der Waals surface area (Å²) in [5.74, 6) is 1.77. The van der Waals surface area contributed by atoms with Gasteiger partial charge in [0.05, 0.1) is 11.6 Å². The standard InChI is InChI=1S/C21H18N4S/c1-2-8-17-16(7-1)21(24-20(23-17)15-6-3-11-22-14-15)25-12-4-9-18(25)19-10-5-13-26-19/h1-3,5-8,10-11,13-14,18H,4,9,12H2. The van der Waals surface area contributed by atoms with E-state index in [0.717, 1.165) is 34.7 Å². The van der Waals surface area contributed by atoms with Crippen molar-refractivity contribution in [3.05, 3.63) is 71.2 Å². The number of aromatic nitrogens is 3. The van der Waals surface area contributed by atoms with Gasteiger partial charge < -0.3 is 4.90 Å². The van der Waals surface area contributed by atoms with E-state index in [1.807, 2.05) is 35.7 Å². The molecule has 26 heavy (non-hydrogen) atoms. The fraction of sp³-hybridized carbons (Fsp3) is 0.190. The molecule has 5 rings (SSSR count). The molecular formula is C21H18N4S. The molecule has 0 spiro atoms. The van der Waals surface area contributed by atoms with Gasteiger partial charge in [0, 0.05) is 34.8 Å². The van der Waals surface area contributed by atoms with Gasteiger partial charge in [-0.05, 0) is 48.6 Å². The summed E-state index contributed by atoms with van der Waals surface area (Å²) in [6.45, 7) is 1.02. The second kappa shape index (κ2) is 6.50. The monoisotopic (exact) mass is 358 g/mol. The molecule has 0 radical (unpaired) electrons. The molecule has 3 aromatic heterocycles. The number of hydrogen-bond acceptors (Lipinski definition) is 5. The summed E-state index contributed by atoms with van der Waals surface area (Å²) in [6, 6.07) is 17.0. The smallest absolute Gasteiger partial charge is 0.163 e. The molecule has 0 bridgehead atoms. The van der Waals surface area contributed by atoms with E-state index in [4.69, 9.17) is 9.97 Å². The van der Waals surface area contributed by atoms with Crippen molar-refractivity contribution >= 4 is 28.1 Å². The van der Waals surface area contributed by atoms with Gasteiger partial charge in [0.15, 0.2) is 5.82 Å². The Hall–Kier alpha value is -2.79. The Kier molecular flexibility index (Phi) is 3.87. The molecule has 0 aliphatic carbocycles. The number of nitrogens with zero attached hydrogens (tertiary/aromatic N) is 4. The van der Waals surface area contributed by atoms with E-state index in [1.54, 1.807) is 6.20 Å². The molecule has 4 nitrogen and oxygen atoms in total. The molecule has 1 aromatic carbocycles. The molecule has 1 saturated heterocycles. The lowest BCUT2D eigenvalue weighted by molar-refractivity contribution is 0.727. The third-order valence-corrected chi connectivity index (χ3v) is 5.87. The van der Waals surface area contributed by atoms with Crippen LogP contribution in [0.3, 0.4) is 0 Å². The summed E-state index contributed by atoms with van der Waals surface area (Å²) in [4.78, 5) is 17.9. The Bertz CT molecular complexity index is 1030. The maximum Gasteiger partial charge on any atom is 0.163 e. The zero-order valence-corrected chi connectivity index (χ0v) is 15.1. The zero-order valence-electron chi connectivity index (χ0n) is 14.2. The van der Waals surface area contributed by atoms with Crippen LogP contribution < -0.4 is 4.90 Å². The van der Waals surface area contributed by atoms with Gasteiger partial charge >= 0.3 is 0 Å². The van der Waals surface area contributed by atoms with E-state index in [9.17, 15) is 0 Å². The maximum absolute atomic E-state index is 4.99. The Morgan fingerprint density at radius 2 is 1.96 bits per heavy atom. The first-order valence-corrected chi connectivity index (χ1v) is 9.75.